The molecule has 2 saturated carbocycles. The largest absolute Gasteiger partial charge is 0.354 e. The highest BCUT2D eigenvalue weighted by molar-refractivity contribution is 6.03. The number of hydrogen-bond donors (Lipinski definition) is 2. The molecule has 0 aromatic heterocycles. The summed E-state index contributed by atoms with van der Waals surface area (Å²) in [5.74, 6) is 1.96. The molecule has 2 N–H and O–H groups in total. The lowest BCUT2D eigenvalue weighted by atomic mass is 9.88. The second kappa shape index (κ2) is 4.82. The second-order valence-electron chi connectivity index (χ2n) is 7.67. The molecule has 2 aliphatic carbocycles. The van der Waals surface area contributed by atoms with E-state index in [-0.39, 0.29) is 5.91 Å². The predicted molar refractivity (Wildman–Crippen MR) is 82.8 cm³/mol. The lowest BCUT2D eigenvalue weighted by molar-refractivity contribution is -0.138. The van der Waals surface area contributed by atoms with Gasteiger partial charge in [0.05, 0.1) is 5.41 Å². The lowest BCUT2D eigenvalue weighted by Crippen LogP contribution is -2.50. The van der Waals surface area contributed by atoms with Crippen LogP contribution < -0.4 is 0 Å². The first kappa shape index (κ1) is 14.5. The number of amides is 1. The molecule has 3 rings (SSSR count). The van der Waals surface area contributed by atoms with Crippen molar-refractivity contribution in [1.82, 2.24) is 9.80 Å². The maximum absolute atomic E-state index is 12.6. The molecular weight excluding hydrogens is 264 g/mol. The average Bonchev–Trinajstić information content (AvgIpc) is 3.05. The highest BCUT2D eigenvalue weighted by atomic mass is 16.2. The number of nitrogens with zero attached hydrogens (tertiary/aromatic N) is 2. The van der Waals surface area contributed by atoms with Gasteiger partial charge >= 0.3 is 0 Å². The molecule has 2 bridgehead atoms. The maximum Gasteiger partial charge on any atom is 0.230 e. The minimum Gasteiger partial charge on any atom is -0.354 e. The van der Waals surface area contributed by atoms with Crippen LogP contribution in [0.2, 0.25) is 0 Å². The fourth-order valence-corrected chi connectivity index (χ4v) is 4.62. The summed E-state index contributed by atoms with van der Waals surface area (Å²) in [7, 11) is 1.72. The summed E-state index contributed by atoms with van der Waals surface area (Å²) in [6.07, 6.45) is 6.28. The SMILES string of the molecule is CN1C(=O)C(C)(C)CN(C2CC3CCC2C3)C(=N)C1C=N. The Bertz CT molecular complexity index is 487. The molecule has 4 unspecified atom stereocenters. The zero-order chi connectivity index (χ0) is 15.4. The third kappa shape index (κ3) is 2.17. The summed E-state index contributed by atoms with van der Waals surface area (Å²) in [4.78, 5) is 16.3. The van der Waals surface area contributed by atoms with Crippen molar-refractivity contribution in [3.05, 3.63) is 0 Å². The monoisotopic (exact) mass is 290 g/mol. The maximum atomic E-state index is 12.6. The Morgan fingerprint density at radius 1 is 1.29 bits per heavy atom. The molecule has 21 heavy (non-hydrogen) atoms. The van der Waals surface area contributed by atoms with Crippen LogP contribution in [0.3, 0.4) is 0 Å². The number of amidine groups is 1. The van der Waals surface area contributed by atoms with E-state index in [9.17, 15) is 4.79 Å². The van der Waals surface area contributed by atoms with E-state index >= 15 is 0 Å². The van der Waals surface area contributed by atoms with Gasteiger partial charge in [0.25, 0.3) is 0 Å². The van der Waals surface area contributed by atoms with Gasteiger partial charge in [0.15, 0.2) is 0 Å². The second-order valence-corrected chi connectivity index (χ2v) is 7.67. The van der Waals surface area contributed by atoms with E-state index < -0.39 is 11.5 Å². The van der Waals surface area contributed by atoms with Gasteiger partial charge in [-0.3, -0.25) is 10.2 Å². The average molecular weight is 290 g/mol. The molecule has 116 valence electrons. The molecule has 0 radical (unpaired) electrons. The minimum absolute atomic E-state index is 0.0337. The van der Waals surface area contributed by atoms with Gasteiger partial charge < -0.3 is 15.2 Å². The van der Waals surface area contributed by atoms with Crippen LogP contribution in [0.5, 0.6) is 0 Å². The van der Waals surface area contributed by atoms with Gasteiger partial charge in [0.1, 0.15) is 11.9 Å². The Hall–Kier alpha value is -1.39. The molecule has 5 nitrogen and oxygen atoms in total. The summed E-state index contributed by atoms with van der Waals surface area (Å²) >= 11 is 0. The van der Waals surface area contributed by atoms with E-state index in [1.807, 2.05) is 13.8 Å². The fourth-order valence-electron chi connectivity index (χ4n) is 4.62. The molecular formula is C16H26N4O. The summed E-state index contributed by atoms with van der Waals surface area (Å²) in [6, 6.07) is -0.115. The molecule has 3 fully saturated rings. The number of rotatable bonds is 2. The van der Waals surface area contributed by atoms with Gasteiger partial charge in [-0.05, 0) is 44.9 Å². The molecule has 5 heteroatoms. The quantitative estimate of drug-likeness (QED) is 0.763. The van der Waals surface area contributed by atoms with Crippen molar-refractivity contribution in [3.63, 3.8) is 0 Å². The van der Waals surface area contributed by atoms with Crippen LogP contribution in [-0.2, 0) is 4.79 Å². The number of fused-ring (bicyclic) bond motifs is 2. The summed E-state index contributed by atoms with van der Waals surface area (Å²) in [5, 5.41) is 16.2. The zero-order valence-corrected chi connectivity index (χ0v) is 13.2. The number of nitrogens with one attached hydrogen (secondary N) is 2. The van der Waals surface area contributed by atoms with E-state index in [2.05, 4.69) is 4.90 Å². The van der Waals surface area contributed by atoms with Gasteiger partial charge in [-0.15, -0.1) is 0 Å². The van der Waals surface area contributed by atoms with Crippen LogP contribution in [0.15, 0.2) is 0 Å². The normalized spacial score (nSPS) is 38.8. The molecule has 0 aromatic rings. The van der Waals surface area contributed by atoms with Crippen molar-refractivity contribution in [3.8, 4) is 0 Å². The Labute approximate surface area is 126 Å². The first-order valence-corrected chi connectivity index (χ1v) is 7.98. The fraction of sp³-hybridized carbons (Fsp3) is 0.812. The predicted octanol–water partition coefficient (Wildman–Crippen LogP) is 1.97. The van der Waals surface area contributed by atoms with Crippen molar-refractivity contribution in [2.45, 2.75) is 51.6 Å². The smallest absolute Gasteiger partial charge is 0.230 e. The van der Waals surface area contributed by atoms with Gasteiger partial charge in [-0.1, -0.05) is 6.42 Å². The van der Waals surface area contributed by atoms with Gasteiger partial charge in [0.2, 0.25) is 5.91 Å². The lowest BCUT2D eigenvalue weighted by Gasteiger charge is -2.39. The molecule has 1 saturated heterocycles. The third-order valence-corrected chi connectivity index (χ3v) is 5.73. The van der Waals surface area contributed by atoms with E-state index in [0.29, 0.717) is 24.3 Å². The third-order valence-electron chi connectivity index (χ3n) is 5.73. The molecule has 3 aliphatic rings. The van der Waals surface area contributed by atoms with Crippen molar-refractivity contribution < 1.29 is 4.79 Å². The molecule has 1 amide bonds. The van der Waals surface area contributed by atoms with Crippen LogP contribution in [0, 0.1) is 28.1 Å². The first-order chi connectivity index (χ1) is 9.85. The van der Waals surface area contributed by atoms with Gasteiger partial charge in [0, 0.05) is 25.8 Å². The van der Waals surface area contributed by atoms with Crippen LogP contribution in [0.1, 0.15) is 39.5 Å². The number of hydrogen-bond acceptors (Lipinski definition) is 3. The van der Waals surface area contributed by atoms with Crippen molar-refractivity contribution in [2.24, 2.45) is 17.3 Å². The molecule has 1 aliphatic heterocycles. The first-order valence-electron chi connectivity index (χ1n) is 7.98. The van der Waals surface area contributed by atoms with E-state index in [4.69, 9.17) is 10.8 Å². The van der Waals surface area contributed by atoms with E-state index in [0.717, 1.165) is 12.3 Å². The molecule has 0 spiro atoms. The van der Waals surface area contributed by atoms with Crippen LogP contribution >= 0.6 is 0 Å². The van der Waals surface area contributed by atoms with E-state index in [1.165, 1.54) is 25.5 Å². The topological polar surface area (TPSA) is 71.2 Å². The standard InChI is InChI=1S/C16H26N4O/c1-16(2)9-20(12-7-10-4-5-11(12)6-10)14(18)13(8-17)19(3)15(16)21/h8,10-13,17-18H,4-7,9H2,1-3H3. The Kier molecular flexibility index (Phi) is 3.34. The number of likely N-dealkylation sites (N-methyl/N-ethyl adjacent to an activating group) is 1. The summed E-state index contributed by atoms with van der Waals surface area (Å²) < 4.78 is 0. The molecule has 1 heterocycles. The Morgan fingerprint density at radius 2 is 2.00 bits per heavy atom. The summed E-state index contributed by atoms with van der Waals surface area (Å²) in [6.45, 7) is 4.53. The number of carbonyl (C=O) groups is 1. The van der Waals surface area contributed by atoms with Crippen LogP contribution in [0.4, 0.5) is 0 Å². The van der Waals surface area contributed by atoms with Gasteiger partial charge in [-0.2, -0.15) is 0 Å². The van der Waals surface area contributed by atoms with Crippen molar-refractivity contribution >= 4 is 18.0 Å². The van der Waals surface area contributed by atoms with Crippen molar-refractivity contribution in [2.75, 3.05) is 13.6 Å². The zero-order valence-electron chi connectivity index (χ0n) is 13.2. The highest BCUT2D eigenvalue weighted by Crippen LogP contribution is 2.47. The summed E-state index contributed by atoms with van der Waals surface area (Å²) in [5.41, 5.74) is -0.499. The van der Waals surface area contributed by atoms with Gasteiger partial charge in [-0.25, -0.2) is 0 Å². The van der Waals surface area contributed by atoms with Crippen LogP contribution in [0.25, 0.3) is 0 Å². The minimum atomic E-state index is -0.515. The van der Waals surface area contributed by atoms with Crippen molar-refractivity contribution in [1.29, 1.82) is 10.8 Å². The highest BCUT2D eigenvalue weighted by Gasteiger charge is 2.48. The van der Waals surface area contributed by atoms with Crippen LogP contribution in [-0.4, -0.2) is 53.4 Å². The number of carbonyl (C=O) groups excluding carboxylic acids is 1. The van der Waals surface area contributed by atoms with E-state index in [1.54, 1.807) is 11.9 Å². The Balaban J connectivity index is 1.93. The Morgan fingerprint density at radius 3 is 2.52 bits per heavy atom. The molecule has 0 aromatic carbocycles. The molecule has 4 atom stereocenters.